The molecule has 0 spiro atoms. The summed E-state index contributed by atoms with van der Waals surface area (Å²) in [5.41, 5.74) is 1.08. The van der Waals surface area contributed by atoms with E-state index < -0.39 is 23.9 Å². The molecule has 0 aliphatic carbocycles. The molecule has 2 aromatic carbocycles. The van der Waals surface area contributed by atoms with Gasteiger partial charge in [-0.25, -0.2) is 23.5 Å². The van der Waals surface area contributed by atoms with E-state index in [2.05, 4.69) is 15.1 Å². The second kappa shape index (κ2) is 11.1. The van der Waals surface area contributed by atoms with E-state index in [1.54, 1.807) is 10.6 Å². The van der Waals surface area contributed by atoms with E-state index >= 15 is 8.78 Å². The Balaban J connectivity index is 1.25. The molecule has 1 fully saturated rings. The number of carbonyl (C=O) groups is 1. The Labute approximate surface area is 240 Å². The van der Waals surface area contributed by atoms with Crippen molar-refractivity contribution in [1.82, 2.24) is 24.3 Å². The third-order valence-corrected chi connectivity index (χ3v) is 7.01. The minimum absolute atomic E-state index is 0.000169. The van der Waals surface area contributed by atoms with Crippen molar-refractivity contribution in [3.63, 3.8) is 0 Å². The number of benzene rings is 2. The fraction of sp³-hybridized carbons (Fsp3) is 0.241. The lowest BCUT2D eigenvalue weighted by Crippen LogP contribution is -2.31. The Hall–Kier alpha value is -4.85. The van der Waals surface area contributed by atoms with E-state index in [9.17, 15) is 23.1 Å². The molecule has 0 unspecified atom stereocenters. The van der Waals surface area contributed by atoms with E-state index in [-0.39, 0.29) is 57.8 Å². The SMILES string of the molecule is O=C(O)c1ccc2nc(Cc3cc(F)c(-c4cccc(OCc5ccn(C(F)(F)F)n5)n4)cc3F)n(C[C@@H]3CCO3)c2c1. The third-order valence-electron chi connectivity index (χ3n) is 7.01. The number of aromatic nitrogens is 5. The topological polar surface area (TPSA) is 104 Å². The first-order valence-electron chi connectivity index (χ1n) is 13.1. The summed E-state index contributed by atoms with van der Waals surface area (Å²) in [6, 6.07) is 12.1. The fourth-order valence-corrected chi connectivity index (χ4v) is 4.74. The zero-order valence-corrected chi connectivity index (χ0v) is 22.2. The number of nitrogens with zero attached hydrogens (tertiary/aromatic N) is 5. The first-order chi connectivity index (χ1) is 20.5. The van der Waals surface area contributed by atoms with Crippen LogP contribution < -0.4 is 4.74 Å². The molecule has 1 aliphatic heterocycles. The third kappa shape index (κ3) is 5.91. The van der Waals surface area contributed by atoms with Gasteiger partial charge >= 0.3 is 12.3 Å². The average Bonchev–Trinajstić information content (AvgIpc) is 3.56. The second-order valence-electron chi connectivity index (χ2n) is 9.90. The van der Waals surface area contributed by atoms with Gasteiger partial charge in [-0.15, -0.1) is 13.2 Å². The van der Waals surface area contributed by atoms with Gasteiger partial charge < -0.3 is 19.1 Å². The number of hydrogen-bond donors (Lipinski definition) is 1. The summed E-state index contributed by atoms with van der Waals surface area (Å²) in [6.45, 7) is 0.664. The Morgan fingerprint density at radius 3 is 2.58 bits per heavy atom. The van der Waals surface area contributed by atoms with Crippen LogP contribution in [0.25, 0.3) is 22.3 Å². The number of hydrogen-bond acceptors (Lipinski definition) is 6. The first-order valence-corrected chi connectivity index (χ1v) is 13.1. The highest BCUT2D eigenvalue weighted by molar-refractivity contribution is 5.92. The summed E-state index contributed by atoms with van der Waals surface area (Å²) in [7, 11) is 0. The molecular weight excluding hydrogens is 577 g/mol. The monoisotopic (exact) mass is 599 g/mol. The lowest BCUT2D eigenvalue weighted by Gasteiger charge is -2.27. The van der Waals surface area contributed by atoms with Crippen LogP contribution in [0.3, 0.4) is 0 Å². The zero-order chi connectivity index (χ0) is 30.3. The van der Waals surface area contributed by atoms with Crippen LogP contribution in [-0.4, -0.2) is 48.1 Å². The highest BCUT2D eigenvalue weighted by atomic mass is 19.4. The largest absolute Gasteiger partial charge is 0.504 e. The Bertz CT molecular complexity index is 1830. The molecule has 5 aromatic rings. The van der Waals surface area contributed by atoms with Crippen LogP contribution >= 0.6 is 0 Å². The molecule has 1 aliphatic rings. The number of fused-ring (bicyclic) bond motifs is 1. The van der Waals surface area contributed by atoms with Crippen molar-refractivity contribution < 1.29 is 41.3 Å². The minimum atomic E-state index is -4.66. The number of pyridine rings is 1. The van der Waals surface area contributed by atoms with Gasteiger partial charge in [-0.05, 0) is 54.4 Å². The molecule has 3 aromatic heterocycles. The molecule has 222 valence electrons. The Kier molecular flexibility index (Phi) is 7.30. The maximum Gasteiger partial charge on any atom is 0.504 e. The standard InChI is InChI=1S/C29H22F5N5O4/c30-21-13-20(23-2-1-3-27(36-23)43-15-18-6-8-39(37-18)29(32,33)34)22(31)10-17(21)12-26-35-24-5-4-16(28(40)41)11-25(24)38(26)14-19-7-9-42-19/h1-6,8,10-11,13,19H,7,9,12,14-15H2,(H,40,41)/t19-/m0/s1. The van der Waals surface area contributed by atoms with Crippen molar-refractivity contribution in [3.8, 4) is 17.1 Å². The molecular formula is C29H22F5N5O4. The van der Waals surface area contributed by atoms with E-state index in [0.29, 0.717) is 30.0 Å². The highest BCUT2D eigenvalue weighted by Gasteiger charge is 2.31. The molecule has 0 amide bonds. The molecule has 14 heteroatoms. The van der Waals surface area contributed by atoms with Crippen LogP contribution in [0.2, 0.25) is 0 Å². The number of rotatable bonds is 9. The molecule has 0 bridgehead atoms. The van der Waals surface area contributed by atoms with Crippen molar-refractivity contribution in [2.75, 3.05) is 6.61 Å². The number of aromatic carboxylic acids is 1. The number of halogens is 5. The predicted octanol–water partition coefficient (Wildman–Crippen LogP) is 5.71. The van der Waals surface area contributed by atoms with Gasteiger partial charge in [-0.1, -0.05) is 6.07 Å². The summed E-state index contributed by atoms with van der Waals surface area (Å²) in [6.07, 6.45) is -3.28. The maximum absolute atomic E-state index is 15.4. The molecule has 9 nitrogen and oxygen atoms in total. The van der Waals surface area contributed by atoms with Crippen molar-refractivity contribution in [3.05, 3.63) is 95.1 Å². The Morgan fingerprint density at radius 2 is 1.88 bits per heavy atom. The van der Waals surface area contributed by atoms with Gasteiger partial charge in [0.2, 0.25) is 5.88 Å². The second-order valence-corrected chi connectivity index (χ2v) is 9.90. The van der Waals surface area contributed by atoms with Crippen LogP contribution in [0.15, 0.2) is 60.8 Å². The van der Waals surface area contributed by atoms with Gasteiger partial charge in [0.05, 0.1) is 34.9 Å². The molecule has 1 saturated heterocycles. The summed E-state index contributed by atoms with van der Waals surface area (Å²) >= 11 is 0. The summed E-state index contributed by atoms with van der Waals surface area (Å²) in [5.74, 6) is -2.17. The predicted molar refractivity (Wildman–Crippen MR) is 141 cm³/mol. The Morgan fingerprint density at radius 1 is 1.07 bits per heavy atom. The van der Waals surface area contributed by atoms with Gasteiger partial charge in [-0.2, -0.15) is 9.78 Å². The molecule has 43 heavy (non-hydrogen) atoms. The number of carboxylic acids is 1. The number of ether oxygens (including phenoxy) is 2. The van der Waals surface area contributed by atoms with E-state index in [1.807, 2.05) is 0 Å². The summed E-state index contributed by atoms with van der Waals surface area (Å²) < 4.78 is 81.6. The fourth-order valence-electron chi connectivity index (χ4n) is 4.74. The molecule has 1 N–H and O–H groups in total. The van der Waals surface area contributed by atoms with Crippen LogP contribution in [-0.2, 0) is 30.6 Å². The average molecular weight is 600 g/mol. The van der Waals surface area contributed by atoms with Crippen molar-refractivity contribution in [2.24, 2.45) is 0 Å². The molecule has 0 radical (unpaired) electrons. The van der Waals surface area contributed by atoms with Crippen LogP contribution in [0, 0.1) is 11.6 Å². The van der Waals surface area contributed by atoms with Crippen LogP contribution in [0.1, 0.15) is 33.9 Å². The van der Waals surface area contributed by atoms with Gasteiger partial charge in [0.1, 0.15) is 29.8 Å². The van der Waals surface area contributed by atoms with Crippen LogP contribution in [0.4, 0.5) is 22.0 Å². The lowest BCUT2D eigenvalue weighted by molar-refractivity contribution is -0.212. The molecule has 1 atom stereocenters. The number of alkyl halides is 3. The first kappa shape index (κ1) is 28.3. The van der Waals surface area contributed by atoms with Crippen molar-refractivity contribution >= 4 is 17.0 Å². The molecule has 4 heterocycles. The lowest BCUT2D eigenvalue weighted by atomic mass is 10.0. The normalized spacial score (nSPS) is 15.0. The summed E-state index contributed by atoms with van der Waals surface area (Å²) in [4.78, 5) is 20.3. The zero-order valence-electron chi connectivity index (χ0n) is 22.2. The van der Waals surface area contributed by atoms with Crippen molar-refractivity contribution in [2.45, 2.75) is 38.4 Å². The summed E-state index contributed by atoms with van der Waals surface area (Å²) in [5, 5.41) is 12.8. The number of imidazole rings is 1. The smallest absolute Gasteiger partial charge is 0.478 e. The van der Waals surface area contributed by atoms with Gasteiger partial charge in [-0.3, -0.25) is 0 Å². The van der Waals surface area contributed by atoms with Crippen molar-refractivity contribution in [1.29, 1.82) is 0 Å². The quantitative estimate of drug-likeness (QED) is 0.217. The van der Waals surface area contributed by atoms with E-state index in [1.165, 1.54) is 30.3 Å². The molecule has 0 saturated carbocycles. The van der Waals surface area contributed by atoms with Gasteiger partial charge in [0.15, 0.2) is 0 Å². The highest BCUT2D eigenvalue weighted by Crippen LogP contribution is 2.29. The van der Waals surface area contributed by atoms with Crippen LogP contribution in [0.5, 0.6) is 5.88 Å². The van der Waals surface area contributed by atoms with E-state index in [4.69, 9.17) is 9.47 Å². The minimum Gasteiger partial charge on any atom is -0.478 e. The van der Waals surface area contributed by atoms with E-state index in [0.717, 1.165) is 30.8 Å². The maximum atomic E-state index is 15.4. The number of carboxylic acid groups (broad SMARTS) is 1. The van der Waals surface area contributed by atoms with Gasteiger partial charge in [0, 0.05) is 30.9 Å². The van der Waals surface area contributed by atoms with Gasteiger partial charge in [0.25, 0.3) is 0 Å². The molecule has 6 rings (SSSR count).